The largest absolute Gasteiger partial charge is 0.491 e. The highest BCUT2D eigenvalue weighted by Crippen LogP contribution is 2.16. The summed E-state index contributed by atoms with van der Waals surface area (Å²) in [5, 5.41) is 10.0. The third kappa shape index (κ3) is 4.84. The summed E-state index contributed by atoms with van der Waals surface area (Å²) in [4.78, 5) is 2.34. The third-order valence-electron chi connectivity index (χ3n) is 3.81. The van der Waals surface area contributed by atoms with Crippen LogP contribution in [-0.2, 0) is 0 Å². The molecule has 2 rings (SSSR count). The first-order valence-electron chi connectivity index (χ1n) is 7.23. The molecule has 0 amide bonds. The Labute approximate surface area is 116 Å². The summed E-state index contributed by atoms with van der Waals surface area (Å²) in [7, 11) is 0. The molecule has 1 aliphatic heterocycles. The lowest BCUT2D eigenvalue weighted by Gasteiger charge is -2.31. The maximum Gasteiger partial charge on any atom is 0.119 e. The van der Waals surface area contributed by atoms with E-state index in [2.05, 4.69) is 18.7 Å². The standard InChI is InChI=1S/C16H25NO2/c1-13-3-5-16(6-4-13)19-12-15(18)11-17-9-7-14(2)8-10-17/h3-6,14-15,18H,7-12H2,1-2H3. The molecule has 3 nitrogen and oxygen atoms in total. The lowest BCUT2D eigenvalue weighted by atomic mass is 9.99. The van der Waals surface area contributed by atoms with Crippen molar-refractivity contribution in [1.82, 2.24) is 4.90 Å². The van der Waals surface area contributed by atoms with Crippen LogP contribution in [0.5, 0.6) is 5.75 Å². The summed E-state index contributed by atoms with van der Waals surface area (Å²) in [6.07, 6.45) is 2.08. The summed E-state index contributed by atoms with van der Waals surface area (Å²) < 4.78 is 5.61. The second-order valence-corrected chi connectivity index (χ2v) is 5.76. The molecule has 19 heavy (non-hydrogen) atoms. The molecular weight excluding hydrogens is 238 g/mol. The van der Waals surface area contributed by atoms with E-state index in [9.17, 15) is 5.11 Å². The van der Waals surface area contributed by atoms with Crippen molar-refractivity contribution >= 4 is 0 Å². The van der Waals surface area contributed by atoms with E-state index >= 15 is 0 Å². The Morgan fingerprint density at radius 1 is 1.26 bits per heavy atom. The summed E-state index contributed by atoms with van der Waals surface area (Å²) in [6.45, 7) is 7.64. The van der Waals surface area contributed by atoms with Crippen molar-refractivity contribution in [3.63, 3.8) is 0 Å². The van der Waals surface area contributed by atoms with Gasteiger partial charge in [-0.1, -0.05) is 24.6 Å². The van der Waals surface area contributed by atoms with Gasteiger partial charge in [-0.15, -0.1) is 0 Å². The lowest BCUT2D eigenvalue weighted by Crippen LogP contribution is -2.40. The van der Waals surface area contributed by atoms with Crippen LogP contribution >= 0.6 is 0 Å². The van der Waals surface area contributed by atoms with Crippen molar-refractivity contribution in [3.05, 3.63) is 29.8 Å². The van der Waals surface area contributed by atoms with Crippen LogP contribution in [0.1, 0.15) is 25.3 Å². The number of piperidine rings is 1. The minimum atomic E-state index is -0.408. The Balaban J connectivity index is 1.69. The molecule has 0 saturated carbocycles. The van der Waals surface area contributed by atoms with Crippen molar-refractivity contribution in [2.75, 3.05) is 26.2 Å². The molecule has 0 radical (unpaired) electrons. The van der Waals surface area contributed by atoms with E-state index < -0.39 is 6.10 Å². The van der Waals surface area contributed by atoms with Crippen molar-refractivity contribution in [1.29, 1.82) is 0 Å². The number of hydrogen-bond donors (Lipinski definition) is 1. The normalized spacial score (nSPS) is 19.3. The zero-order valence-electron chi connectivity index (χ0n) is 12.0. The number of nitrogens with zero attached hydrogens (tertiary/aromatic N) is 1. The molecule has 1 aromatic carbocycles. The van der Waals surface area contributed by atoms with E-state index in [4.69, 9.17) is 4.74 Å². The fourth-order valence-corrected chi connectivity index (χ4v) is 2.42. The van der Waals surface area contributed by atoms with E-state index in [-0.39, 0.29) is 0 Å². The average molecular weight is 263 g/mol. The average Bonchev–Trinajstić information content (AvgIpc) is 2.41. The summed E-state index contributed by atoms with van der Waals surface area (Å²) in [5.41, 5.74) is 1.22. The molecule has 1 aromatic rings. The third-order valence-corrected chi connectivity index (χ3v) is 3.81. The minimum Gasteiger partial charge on any atom is -0.491 e. The Kier molecular flexibility index (Phi) is 5.23. The van der Waals surface area contributed by atoms with Crippen molar-refractivity contribution in [2.45, 2.75) is 32.8 Å². The molecule has 3 heteroatoms. The predicted molar refractivity (Wildman–Crippen MR) is 77.5 cm³/mol. The molecule has 1 saturated heterocycles. The molecular formula is C16H25NO2. The monoisotopic (exact) mass is 263 g/mol. The molecule has 1 aliphatic rings. The topological polar surface area (TPSA) is 32.7 Å². The maximum absolute atomic E-state index is 10.0. The first-order valence-corrected chi connectivity index (χ1v) is 7.23. The van der Waals surface area contributed by atoms with Gasteiger partial charge in [0.15, 0.2) is 0 Å². The highest BCUT2D eigenvalue weighted by molar-refractivity contribution is 5.26. The molecule has 0 aliphatic carbocycles. The van der Waals surface area contributed by atoms with Crippen LogP contribution in [0, 0.1) is 12.8 Å². The van der Waals surface area contributed by atoms with E-state index in [0.29, 0.717) is 6.61 Å². The van der Waals surface area contributed by atoms with E-state index in [1.165, 1.54) is 18.4 Å². The SMILES string of the molecule is Cc1ccc(OCC(O)CN2CCC(C)CC2)cc1. The smallest absolute Gasteiger partial charge is 0.119 e. The number of ether oxygens (including phenoxy) is 1. The molecule has 1 N–H and O–H groups in total. The van der Waals surface area contributed by atoms with Crippen molar-refractivity contribution in [2.24, 2.45) is 5.92 Å². The first kappa shape index (κ1) is 14.4. The zero-order chi connectivity index (χ0) is 13.7. The summed E-state index contributed by atoms with van der Waals surface area (Å²) in [5.74, 6) is 1.66. The maximum atomic E-state index is 10.0. The highest BCUT2D eigenvalue weighted by atomic mass is 16.5. The van der Waals surface area contributed by atoms with Crippen LogP contribution in [0.2, 0.25) is 0 Å². The fourth-order valence-electron chi connectivity index (χ4n) is 2.42. The molecule has 1 fully saturated rings. The van der Waals surface area contributed by atoms with Gasteiger partial charge in [-0.3, -0.25) is 0 Å². The fraction of sp³-hybridized carbons (Fsp3) is 0.625. The number of aliphatic hydroxyl groups excluding tert-OH is 1. The van der Waals surface area contributed by atoms with Crippen LogP contribution in [0.15, 0.2) is 24.3 Å². The number of benzene rings is 1. The van der Waals surface area contributed by atoms with Crippen LogP contribution in [0.25, 0.3) is 0 Å². The second-order valence-electron chi connectivity index (χ2n) is 5.76. The van der Waals surface area contributed by atoms with Gasteiger partial charge in [-0.05, 0) is 50.9 Å². The van der Waals surface area contributed by atoms with Gasteiger partial charge >= 0.3 is 0 Å². The van der Waals surface area contributed by atoms with Gasteiger partial charge in [0.25, 0.3) is 0 Å². The van der Waals surface area contributed by atoms with Gasteiger partial charge in [0, 0.05) is 6.54 Å². The van der Waals surface area contributed by atoms with Gasteiger partial charge in [0.2, 0.25) is 0 Å². The lowest BCUT2D eigenvalue weighted by molar-refractivity contribution is 0.0563. The van der Waals surface area contributed by atoms with Crippen molar-refractivity contribution in [3.8, 4) is 5.75 Å². The number of hydrogen-bond acceptors (Lipinski definition) is 3. The Morgan fingerprint density at radius 3 is 2.53 bits per heavy atom. The van der Waals surface area contributed by atoms with Crippen LogP contribution in [0.4, 0.5) is 0 Å². The van der Waals surface area contributed by atoms with Crippen LogP contribution in [-0.4, -0.2) is 42.4 Å². The summed E-state index contributed by atoms with van der Waals surface area (Å²) in [6, 6.07) is 7.94. The Bertz CT molecular complexity index is 369. The molecule has 1 atom stereocenters. The molecule has 106 valence electrons. The molecule has 0 spiro atoms. The van der Waals surface area contributed by atoms with Gasteiger partial charge in [-0.25, -0.2) is 0 Å². The molecule has 1 heterocycles. The van der Waals surface area contributed by atoms with Crippen molar-refractivity contribution < 1.29 is 9.84 Å². The number of β-amino-alcohol motifs (C(OH)–C–C–N with tert-alkyl or cyclic N) is 1. The van der Waals surface area contributed by atoms with Gasteiger partial charge in [0.1, 0.15) is 18.5 Å². The number of rotatable bonds is 5. The minimum absolute atomic E-state index is 0.370. The highest BCUT2D eigenvalue weighted by Gasteiger charge is 2.18. The predicted octanol–water partition coefficient (Wildman–Crippen LogP) is 2.47. The van der Waals surface area contributed by atoms with Crippen LogP contribution in [0.3, 0.4) is 0 Å². The van der Waals surface area contributed by atoms with Gasteiger partial charge in [0.05, 0.1) is 0 Å². The quantitative estimate of drug-likeness (QED) is 0.886. The Morgan fingerprint density at radius 2 is 1.89 bits per heavy atom. The van der Waals surface area contributed by atoms with Gasteiger partial charge < -0.3 is 14.7 Å². The summed E-state index contributed by atoms with van der Waals surface area (Å²) >= 11 is 0. The number of likely N-dealkylation sites (tertiary alicyclic amines) is 1. The van der Waals surface area contributed by atoms with E-state index in [1.807, 2.05) is 24.3 Å². The molecule has 0 aromatic heterocycles. The first-order chi connectivity index (χ1) is 9.13. The second kappa shape index (κ2) is 6.92. The number of aliphatic hydroxyl groups is 1. The van der Waals surface area contributed by atoms with Crippen LogP contribution < -0.4 is 4.74 Å². The molecule has 1 unspecified atom stereocenters. The van der Waals surface area contributed by atoms with E-state index in [1.54, 1.807) is 0 Å². The molecule has 0 bridgehead atoms. The van der Waals surface area contributed by atoms with E-state index in [0.717, 1.165) is 31.3 Å². The van der Waals surface area contributed by atoms with Gasteiger partial charge in [-0.2, -0.15) is 0 Å². The number of aryl methyl sites for hydroxylation is 1. The zero-order valence-corrected chi connectivity index (χ0v) is 12.0. The Hall–Kier alpha value is -1.06.